The molecule has 29 heavy (non-hydrogen) atoms. The molecule has 7 nitrogen and oxygen atoms in total. The first-order valence-corrected chi connectivity index (χ1v) is 10.3. The van der Waals surface area contributed by atoms with Crippen LogP contribution in [0, 0.1) is 24.1 Å². The Morgan fingerprint density at radius 2 is 1.79 bits per heavy atom. The maximum Gasteiger partial charge on any atom is 0.306 e. The molecule has 0 spiro atoms. The maximum atomic E-state index is 14.9. The van der Waals surface area contributed by atoms with Crippen LogP contribution in [-0.4, -0.2) is 29.9 Å². The minimum absolute atomic E-state index is 0.169. The smallest absolute Gasteiger partial charge is 0.306 e. The highest BCUT2D eigenvalue weighted by molar-refractivity contribution is 7.86. The predicted molar refractivity (Wildman–Crippen MR) is 107 cm³/mol. The number of halogens is 2. The van der Waals surface area contributed by atoms with Crippen molar-refractivity contribution in [2.45, 2.75) is 31.8 Å². The van der Waals surface area contributed by atoms with Crippen molar-refractivity contribution in [1.82, 2.24) is 0 Å². The summed E-state index contributed by atoms with van der Waals surface area (Å²) < 4.78 is 49.5. The number of hydrogen-bond donors (Lipinski definition) is 1. The fourth-order valence-electron chi connectivity index (χ4n) is 3.35. The number of anilines is 2. The first-order chi connectivity index (χ1) is 13.4. The molecule has 0 aromatic heterocycles. The van der Waals surface area contributed by atoms with E-state index in [1.807, 2.05) is 6.92 Å². The van der Waals surface area contributed by atoms with Gasteiger partial charge in [-0.25, -0.2) is 4.39 Å². The van der Waals surface area contributed by atoms with Gasteiger partial charge < -0.3 is 4.90 Å². The summed E-state index contributed by atoms with van der Waals surface area (Å²) in [5.74, 6) is -1.89. The number of aryl methyl sites for hydroxylation is 1. The third kappa shape index (κ3) is 3.33. The molecule has 2 aromatic carbocycles. The lowest BCUT2D eigenvalue weighted by Gasteiger charge is -2.34. The average Bonchev–Trinajstić information content (AvgIpc) is 2.85. The van der Waals surface area contributed by atoms with E-state index in [0.717, 1.165) is 11.6 Å². The van der Waals surface area contributed by atoms with E-state index < -0.39 is 43.6 Å². The van der Waals surface area contributed by atoms with Gasteiger partial charge in [-0.1, -0.05) is 29.3 Å². The molecule has 2 aromatic rings. The average molecular weight is 438 g/mol. The SMILES string of the molecule is Cc1ccc(N2C(S(=O)(=O)O)N(c3ccc(C#N)c(Cl)c3F)C(=O)C2(C)C)cc1. The Balaban J connectivity index is 2.28. The lowest BCUT2D eigenvalue weighted by Crippen LogP contribution is -2.49. The Bertz CT molecular complexity index is 1140. The lowest BCUT2D eigenvalue weighted by molar-refractivity contribution is -0.120. The first kappa shape index (κ1) is 21.0. The Kier molecular flexibility index (Phi) is 5.07. The van der Waals surface area contributed by atoms with E-state index in [-0.39, 0.29) is 5.56 Å². The van der Waals surface area contributed by atoms with Crippen LogP contribution in [0.2, 0.25) is 5.02 Å². The first-order valence-electron chi connectivity index (χ1n) is 8.45. The van der Waals surface area contributed by atoms with Crippen LogP contribution < -0.4 is 9.80 Å². The summed E-state index contributed by atoms with van der Waals surface area (Å²) in [4.78, 5) is 15.0. The van der Waals surface area contributed by atoms with Gasteiger partial charge in [0, 0.05) is 5.69 Å². The highest BCUT2D eigenvalue weighted by Crippen LogP contribution is 2.42. The molecule has 0 radical (unpaired) electrons. The van der Waals surface area contributed by atoms with Gasteiger partial charge in [0.25, 0.3) is 5.91 Å². The summed E-state index contributed by atoms with van der Waals surface area (Å²) in [6.45, 7) is 4.78. The third-order valence-electron chi connectivity index (χ3n) is 4.81. The largest absolute Gasteiger partial charge is 0.322 e. The molecule has 10 heteroatoms. The summed E-state index contributed by atoms with van der Waals surface area (Å²) in [7, 11) is -4.90. The molecule has 0 aliphatic carbocycles. The number of rotatable bonds is 3. The molecule has 1 aliphatic rings. The summed E-state index contributed by atoms with van der Waals surface area (Å²) in [6.07, 6.45) is 0. The van der Waals surface area contributed by atoms with Crippen LogP contribution >= 0.6 is 11.6 Å². The quantitative estimate of drug-likeness (QED) is 0.738. The fourth-order valence-corrected chi connectivity index (χ4v) is 4.68. The van der Waals surface area contributed by atoms with E-state index in [0.29, 0.717) is 10.6 Å². The molecule has 1 heterocycles. The summed E-state index contributed by atoms with van der Waals surface area (Å²) >= 11 is 5.87. The van der Waals surface area contributed by atoms with E-state index in [1.165, 1.54) is 24.8 Å². The van der Waals surface area contributed by atoms with Crippen molar-refractivity contribution in [3.8, 4) is 6.07 Å². The second kappa shape index (κ2) is 6.99. The van der Waals surface area contributed by atoms with Crippen molar-refractivity contribution in [2.24, 2.45) is 0 Å². The van der Waals surface area contributed by atoms with Gasteiger partial charge >= 0.3 is 10.1 Å². The fraction of sp³-hybridized carbons (Fsp3) is 0.263. The maximum absolute atomic E-state index is 14.9. The molecule has 152 valence electrons. The van der Waals surface area contributed by atoms with Gasteiger partial charge in [0.15, 0.2) is 5.82 Å². The van der Waals surface area contributed by atoms with Gasteiger partial charge in [0.05, 0.1) is 16.3 Å². The summed E-state index contributed by atoms with van der Waals surface area (Å²) in [5.41, 5.74) is -2.74. The monoisotopic (exact) mass is 437 g/mol. The van der Waals surface area contributed by atoms with Gasteiger partial charge in [-0.15, -0.1) is 0 Å². The van der Waals surface area contributed by atoms with Crippen LogP contribution in [-0.2, 0) is 14.9 Å². The third-order valence-corrected chi connectivity index (χ3v) is 6.13. The van der Waals surface area contributed by atoms with Crippen LogP contribution in [0.4, 0.5) is 15.8 Å². The van der Waals surface area contributed by atoms with Crippen molar-refractivity contribution in [2.75, 3.05) is 9.80 Å². The number of hydrogen-bond acceptors (Lipinski definition) is 5. The van der Waals surface area contributed by atoms with Crippen LogP contribution in [0.25, 0.3) is 0 Å². The van der Waals surface area contributed by atoms with Crippen LogP contribution in [0.15, 0.2) is 36.4 Å². The van der Waals surface area contributed by atoms with Gasteiger partial charge in [0.2, 0.25) is 5.50 Å². The zero-order valence-corrected chi connectivity index (χ0v) is 17.3. The Morgan fingerprint density at radius 3 is 2.31 bits per heavy atom. The number of amides is 1. The standard InChI is InChI=1S/C19H17ClFN3O4S/c1-11-4-7-13(8-5-11)24-18(29(26,27)28)23(17(25)19(24,2)3)14-9-6-12(10-22)15(20)16(14)21/h4-9,18H,1-3H3,(H,26,27,28). The van der Waals surface area contributed by atoms with E-state index in [4.69, 9.17) is 16.9 Å². The van der Waals surface area contributed by atoms with E-state index in [2.05, 4.69) is 0 Å². The normalized spacial score (nSPS) is 18.8. The van der Waals surface area contributed by atoms with Gasteiger partial charge in [-0.2, -0.15) is 13.7 Å². The Hall–Kier alpha value is -2.67. The molecular formula is C19H17ClFN3O4S. The molecular weight excluding hydrogens is 421 g/mol. The van der Waals surface area contributed by atoms with Crippen molar-refractivity contribution in [3.63, 3.8) is 0 Å². The minimum atomic E-state index is -4.90. The van der Waals surface area contributed by atoms with Gasteiger partial charge in [-0.3, -0.25) is 14.2 Å². The van der Waals surface area contributed by atoms with Crippen molar-refractivity contribution in [1.29, 1.82) is 5.26 Å². The molecule has 0 bridgehead atoms. The second-order valence-electron chi connectivity index (χ2n) is 7.15. The molecule has 1 N–H and O–H groups in total. The zero-order chi connectivity index (χ0) is 21.7. The van der Waals surface area contributed by atoms with E-state index in [9.17, 15) is 22.2 Å². The highest BCUT2D eigenvalue weighted by atomic mass is 35.5. The van der Waals surface area contributed by atoms with Crippen LogP contribution in [0.1, 0.15) is 25.0 Å². The van der Waals surface area contributed by atoms with Crippen molar-refractivity contribution in [3.05, 3.63) is 58.4 Å². The summed E-state index contributed by atoms with van der Waals surface area (Å²) in [5, 5.41) is 8.46. The Morgan fingerprint density at radius 1 is 1.21 bits per heavy atom. The number of carbonyl (C=O) groups excluding carboxylic acids is 1. The molecule has 1 amide bonds. The van der Waals surface area contributed by atoms with E-state index >= 15 is 0 Å². The number of carbonyl (C=O) groups is 1. The topological polar surface area (TPSA) is 102 Å². The Labute approximate surface area is 172 Å². The molecule has 1 fully saturated rings. The molecule has 1 atom stereocenters. The number of nitrogens with zero attached hydrogens (tertiary/aromatic N) is 3. The summed E-state index contributed by atoms with van der Waals surface area (Å²) in [6, 6.07) is 10.6. The van der Waals surface area contributed by atoms with Gasteiger partial charge in [-0.05, 0) is 45.0 Å². The van der Waals surface area contributed by atoms with Crippen LogP contribution in [0.5, 0.6) is 0 Å². The van der Waals surface area contributed by atoms with Gasteiger partial charge in [0.1, 0.15) is 11.6 Å². The lowest BCUT2D eigenvalue weighted by atomic mass is 10.0. The van der Waals surface area contributed by atoms with Crippen molar-refractivity contribution < 1.29 is 22.2 Å². The zero-order valence-electron chi connectivity index (χ0n) is 15.7. The van der Waals surface area contributed by atoms with Crippen LogP contribution in [0.3, 0.4) is 0 Å². The molecule has 1 unspecified atom stereocenters. The molecule has 0 saturated carbocycles. The second-order valence-corrected chi connectivity index (χ2v) is 8.98. The minimum Gasteiger partial charge on any atom is -0.322 e. The van der Waals surface area contributed by atoms with Crippen molar-refractivity contribution >= 4 is 39.0 Å². The molecule has 1 saturated heterocycles. The predicted octanol–water partition coefficient (Wildman–Crippen LogP) is 3.46. The molecule has 3 rings (SSSR count). The molecule has 1 aliphatic heterocycles. The highest BCUT2D eigenvalue weighted by Gasteiger charge is 2.58. The number of nitriles is 1. The van der Waals surface area contributed by atoms with E-state index in [1.54, 1.807) is 30.3 Å². The number of benzene rings is 2.